The van der Waals surface area contributed by atoms with Crippen molar-refractivity contribution in [3.05, 3.63) is 29.8 Å². The molecule has 0 aromatic heterocycles. The van der Waals surface area contributed by atoms with Crippen LogP contribution in [0.1, 0.15) is 30.6 Å². The van der Waals surface area contributed by atoms with Crippen molar-refractivity contribution in [2.24, 2.45) is 5.73 Å². The van der Waals surface area contributed by atoms with E-state index in [4.69, 9.17) is 15.2 Å². The average molecular weight is 392 g/mol. The van der Waals surface area contributed by atoms with Crippen molar-refractivity contribution in [3.8, 4) is 5.75 Å². The third-order valence-corrected chi connectivity index (χ3v) is 4.02. The van der Waals surface area contributed by atoms with Gasteiger partial charge in [-0.1, -0.05) is 19.1 Å². The number of esters is 1. The molecule has 1 aromatic rings. The number of hydrazine groups is 1. The molecule has 1 aromatic carbocycles. The fourth-order valence-corrected chi connectivity index (χ4v) is 2.30. The standard InChI is InChI=1S/C17H20N4O7/c1-3-17(2)15(25)21(16(26)19-17)20-13(23)9-28-14(24)10-6-4-5-7-11(10)27-8-12(18)22/h4-7H,3,8-9H2,1-2H3,(H2,18,22)(H,19,26)(H,20,23). The lowest BCUT2D eigenvalue weighted by molar-refractivity contribution is -0.139. The fraction of sp³-hybridized carbons (Fsp3) is 0.353. The largest absolute Gasteiger partial charge is 0.483 e. The molecule has 150 valence electrons. The van der Waals surface area contributed by atoms with Gasteiger partial charge in [0.25, 0.3) is 17.7 Å². The van der Waals surface area contributed by atoms with Gasteiger partial charge >= 0.3 is 12.0 Å². The number of amides is 5. The van der Waals surface area contributed by atoms with Crippen LogP contribution in [0.15, 0.2) is 24.3 Å². The number of imide groups is 1. The van der Waals surface area contributed by atoms with Gasteiger partial charge in [0.05, 0.1) is 0 Å². The lowest BCUT2D eigenvalue weighted by Gasteiger charge is -2.19. The first-order chi connectivity index (χ1) is 13.2. The third-order valence-electron chi connectivity index (χ3n) is 4.02. The Morgan fingerprint density at radius 3 is 2.50 bits per heavy atom. The number of urea groups is 1. The highest BCUT2D eigenvalue weighted by Gasteiger charge is 2.47. The summed E-state index contributed by atoms with van der Waals surface area (Å²) in [6.07, 6.45) is 0.334. The van der Waals surface area contributed by atoms with Crippen LogP contribution in [-0.4, -0.2) is 53.5 Å². The third kappa shape index (κ3) is 4.55. The number of hydrogen-bond acceptors (Lipinski definition) is 7. The van der Waals surface area contributed by atoms with Gasteiger partial charge in [0.2, 0.25) is 0 Å². The molecule has 28 heavy (non-hydrogen) atoms. The van der Waals surface area contributed by atoms with E-state index in [2.05, 4.69) is 10.7 Å². The number of nitrogens with one attached hydrogen (secondary N) is 2. The molecule has 0 bridgehead atoms. The van der Waals surface area contributed by atoms with Crippen LogP contribution in [0.4, 0.5) is 4.79 Å². The van der Waals surface area contributed by atoms with Crippen molar-refractivity contribution >= 4 is 29.7 Å². The number of ether oxygens (including phenoxy) is 2. The molecule has 0 saturated carbocycles. The summed E-state index contributed by atoms with van der Waals surface area (Å²) in [6, 6.07) is 5.13. The zero-order chi connectivity index (χ0) is 20.9. The van der Waals surface area contributed by atoms with Crippen LogP contribution in [0.25, 0.3) is 0 Å². The van der Waals surface area contributed by atoms with Crippen LogP contribution in [-0.2, 0) is 19.1 Å². The van der Waals surface area contributed by atoms with Crippen molar-refractivity contribution in [1.29, 1.82) is 0 Å². The molecule has 0 spiro atoms. The number of carbonyl (C=O) groups is 5. The summed E-state index contributed by atoms with van der Waals surface area (Å²) in [4.78, 5) is 59.0. The van der Waals surface area contributed by atoms with E-state index in [1.165, 1.54) is 25.1 Å². The van der Waals surface area contributed by atoms with Gasteiger partial charge in [0.1, 0.15) is 16.9 Å². The number of carbonyl (C=O) groups excluding carboxylic acids is 5. The summed E-state index contributed by atoms with van der Waals surface area (Å²) in [5.41, 5.74) is 5.95. The molecule has 2 rings (SSSR count). The minimum Gasteiger partial charge on any atom is -0.483 e. The van der Waals surface area contributed by atoms with Crippen LogP contribution >= 0.6 is 0 Å². The fourth-order valence-electron chi connectivity index (χ4n) is 2.30. The Morgan fingerprint density at radius 2 is 1.89 bits per heavy atom. The molecule has 1 aliphatic rings. The van der Waals surface area contributed by atoms with Crippen molar-refractivity contribution < 1.29 is 33.4 Å². The van der Waals surface area contributed by atoms with Crippen LogP contribution in [0.5, 0.6) is 5.75 Å². The number of rotatable bonds is 8. The number of benzene rings is 1. The zero-order valence-corrected chi connectivity index (χ0v) is 15.3. The molecule has 1 aliphatic heterocycles. The summed E-state index contributed by atoms with van der Waals surface area (Å²) in [5.74, 6) is -3.07. The lowest BCUT2D eigenvalue weighted by Crippen LogP contribution is -2.49. The van der Waals surface area contributed by atoms with Crippen molar-refractivity contribution in [1.82, 2.24) is 15.8 Å². The number of para-hydroxylation sites is 1. The highest BCUT2D eigenvalue weighted by atomic mass is 16.5. The smallest absolute Gasteiger partial charge is 0.344 e. The summed E-state index contributed by atoms with van der Waals surface area (Å²) in [5, 5.41) is 3.01. The molecule has 4 N–H and O–H groups in total. The van der Waals surface area contributed by atoms with Crippen molar-refractivity contribution in [2.45, 2.75) is 25.8 Å². The Balaban J connectivity index is 1.95. The Kier molecular flexibility index (Phi) is 6.18. The molecular formula is C17H20N4O7. The van der Waals surface area contributed by atoms with Gasteiger partial charge in [-0.25, -0.2) is 9.59 Å². The van der Waals surface area contributed by atoms with Gasteiger partial charge in [-0.2, -0.15) is 5.01 Å². The Labute approximate surface area is 160 Å². The second-order valence-corrected chi connectivity index (χ2v) is 6.12. The van der Waals surface area contributed by atoms with E-state index in [9.17, 15) is 24.0 Å². The van der Waals surface area contributed by atoms with Crippen LogP contribution < -0.4 is 21.2 Å². The maximum atomic E-state index is 12.2. The van der Waals surface area contributed by atoms with Gasteiger partial charge in [-0.15, -0.1) is 0 Å². The van der Waals surface area contributed by atoms with E-state index < -0.39 is 48.5 Å². The van der Waals surface area contributed by atoms with Gasteiger partial charge in [-0.05, 0) is 25.5 Å². The first-order valence-corrected chi connectivity index (χ1v) is 8.31. The summed E-state index contributed by atoms with van der Waals surface area (Å²) in [6.45, 7) is 2.06. The first kappa shape index (κ1) is 20.7. The molecule has 11 nitrogen and oxygen atoms in total. The zero-order valence-electron chi connectivity index (χ0n) is 15.3. The SMILES string of the molecule is CCC1(C)NC(=O)N(NC(=O)COC(=O)c2ccccc2OCC(N)=O)C1=O. The number of nitrogens with two attached hydrogens (primary N) is 1. The van der Waals surface area contributed by atoms with E-state index >= 15 is 0 Å². The van der Waals surface area contributed by atoms with Crippen LogP contribution in [0.3, 0.4) is 0 Å². The maximum Gasteiger partial charge on any atom is 0.344 e. The molecule has 11 heteroatoms. The second kappa shape index (κ2) is 8.37. The maximum absolute atomic E-state index is 12.2. The Morgan fingerprint density at radius 1 is 1.21 bits per heavy atom. The quantitative estimate of drug-likeness (QED) is 0.396. The first-order valence-electron chi connectivity index (χ1n) is 8.31. The lowest BCUT2D eigenvalue weighted by atomic mass is 10.00. The van der Waals surface area contributed by atoms with Gasteiger partial charge in [0.15, 0.2) is 13.2 Å². The van der Waals surface area contributed by atoms with E-state index in [0.29, 0.717) is 11.4 Å². The van der Waals surface area contributed by atoms with Crippen molar-refractivity contribution in [2.75, 3.05) is 13.2 Å². The molecule has 0 aliphatic carbocycles. The van der Waals surface area contributed by atoms with Crippen LogP contribution in [0, 0.1) is 0 Å². The van der Waals surface area contributed by atoms with Gasteiger partial charge in [-0.3, -0.25) is 19.8 Å². The van der Waals surface area contributed by atoms with E-state index in [1.54, 1.807) is 13.0 Å². The van der Waals surface area contributed by atoms with Crippen molar-refractivity contribution in [3.63, 3.8) is 0 Å². The topological polar surface area (TPSA) is 157 Å². The average Bonchev–Trinajstić information content (AvgIpc) is 2.88. The Hall–Kier alpha value is -3.63. The number of nitrogens with zero attached hydrogens (tertiary/aromatic N) is 1. The summed E-state index contributed by atoms with van der Waals surface area (Å²) >= 11 is 0. The highest BCUT2D eigenvalue weighted by molar-refractivity contribution is 6.07. The molecule has 5 amide bonds. The van der Waals surface area contributed by atoms with Crippen LogP contribution in [0.2, 0.25) is 0 Å². The molecule has 1 fully saturated rings. The monoisotopic (exact) mass is 392 g/mol. The predicted octanol–water partition coefficient (Wildman–Crippen LogP) is -0.541. The van der Waals surface area contributed by atoms with Gasteiger partial charge in [0, 0.05) is 0 Å². The highest BCUT2D eigenvalue weighted by Crippen LogP contribution is 2.20. The molecule has 1 heterocycles. The van der Waals surface area contributed by atoms with E-state index in [0.717, 1.165) is 0 Å². The minimum atomic E-state index is -1.11. The molecule has 1 saturated heterocycles. The van der Waals surface area contributed by atoms with E-state index in [1.807, 2.05) is 0 Å². The minimum absolute atomic E-state index is 0.0231. The summed E-state index contributed by atoms with van der Waals surface area (Å²) < 4.78 is 10.00. The second-order valence-electron chi connectivity index (χ2n) is 6.12. The number of hydrogen-bond donors (Lipinski definition) is 3. The van der Waals surface area contributed by atoms with E-state index in [-0.39, 0.29) is 11.3 Å². The number of primary amides is 1. The molecule has 1 unspecified atom stereocenters. The predicted molar refractivity (Wildman–Crippen MR) is 93.6 cm³/mol. The molecule has 1 atom stereocenters. The normalized spacial score (nSPS) is 18.4. The van der Waals surface area contributed by atoms with Gasteiger partial charge < -0.3 is 20.5 Å². The molecular weight excluding hydrogens is 372 g/mol. The summed E-state index contributed by atoms with van der Waals surface area (Å²) in [7, 11) is 0. The Bertz CT molecular complexity index is 825. The molecule has 0 radical (unpaired) electrons.